The number of hydrogen-bond acceptors (Lipinski definition) is 4. The van der Waals surface area contributed by atoms with Gasteiger partial charge in [0.15, 0.2) is 0 Å². The van der Waals surface area contributed by atoms with E-state index in [-0.39, 0.29) is 12.1 Å². The van der Waals surface area contributed by atoms with E-state index >= 15 is 0 Å². The third-order valence-electron chi connectivity index (χ3n) is 3.25. The van der Waals surface area contributed by atoms with Gasteiger partial charge in [0.05, 0.1) is 23.3 Å². The van der Waals surface area contributed by atoms with Gasteiger partial charge in [0, 0.05) is 22.8 Å². The van der Waals surface area contributed by atoms with Crippen LogP contribution in [-0.4, -0.2) is 24.9 Å². The minimum Gasteiger partial charge on any atom is -0.462 e. The predicted octanol–water partition coefficient (Wildman–Crippen LogP) is 4.40. The van der Waals surface area contributed by atoms with Gasteiger partial charge in [-0.05, 0) is 38.8 Å². The first-order valence-electron chi connectivity index (χ1n) is 6.84. The maximum Gasteiger partial charge on any atom is 0.339 e. The van der Waals surface area contributed by atoms with Crippen LogP contribution < -0.4 is 0 Å². The fraction of sp³-hybridized carbons (Fsp3) is 0.533. The molecule has 1 heterocycles. The summed E-state index contributed by atoms with van der Waals surface area (Å²) in [5, 5.41) is 0.481. The molecule has 1 aliphatic rings. The zero-order valence-electron chi connectivity index (χ0n) is 12.0. The van der Waals surface area contributed by atoms with Crippen LogP contribution in [0.1, 0.15) is 47.9 Å². The van der Waals surface area contributed by atoms with Crippen LogP contribution in [0.15, 0.2) is 11.0 Å². The molecule has 1 aromatic carbocycles. The molecule has 2 rings (SSSR count). The van der Waals surface area contributed by atoms with Gasteiger partial charge >= 0.3 is 5.97 Å². The van der Waals surface area contributed by atoms with E-state index in [2.05, 4.69) is 0 Å². The monoisotopic (exact) mass is 314 g/mol. The van der Waals surface area contributed by atoms with E-state index in [4.69, 9.17) is 21.1 Å². The maximum atomic E-state index is 12.0. The van der Waals surface area contributed by atoms with Crippen molar-refractivity contribution in [3.8, 4) is 0 Å². The third-order valence-corrected chi connectivity index (χ3v) is 4.93. The first-order chi connectivity index (χ1) is 9.60. The third kappa shape index (κ3) is 2.97. The average Bonchev–Trinajstić information content (AvgIpc) is 2.43. The minimum atomic E-state index is -0.366. The highest BCUT2D eigenvalue weighted by molar-refractivity contribution is 7.99. The van der Waals surface area contributed by atoms with Crippen LogP contribution in [0.2, 0.25) is 5.02 Å². The summed E-state index contributed by atoms with van der Waals surface area (Å²) in [6.45, 7) is 6.73. The SMILES string of the molecule is CCOC(=O)c1cc(C)c2c(c1Cl)C(OCC)CCS2. The number of benzene rings is 1. The lowest BCUT2D eigenvalue weighted by molar-refractivity contribution is 0.0519. The van der Waals surface area contributed by atoms with Gasteiger partial charge in [-0.3, -0.25) is 0 Å². The number of carbonyl (C=O) groups is 1. The Balaban J connectivity index is 2.51. The van der Waals surface area contributed by atoms with Gasteiger partial charge in [-0.15, -0.1) is 11.8 Å². The van der Waals surface area contributed by atoms with E-state index in [1.54, 1.807) is 18.7 Å². The number of carbonyl (C=O) groups excluding carboxylic acids is 1. The zero-order valence-corrected chi connectivity index (χ0v) is 13.6. The lowest BCUT2D eigenvalue weighted by atomic mass is 9.99. The summed E-state index contributed by atoms with van der Waals surface area (Å²) in [5.74, 6) is 0.641. The lowest BCUT2D eigenvalue weighted by Gasteiger charge is -2.28. The van der Waals surface area contributed by atoms with Crippen LogP contribution in [0.3, 0.4) is 0 Å². The second-order valence-corrected chi connectivity index (χ2v) is 6.08. The number of esters is 1. The Morgan fingerprint density at radius 1 is 1.45 bits per heavy atom. The molecule has 1 unspecified atom stereocenters. The van der Waals surface area contributed by atoms with Crippen molar-refractivity contribution in [2.45, 2.75) is 38.2 Å². The van der Waals surface area contributed by atoms with Crippen molar-refractivity contribution in [2.75, 3.05) is 19.0 Å². The molecule has 1 aliphatic heterocycles. The van der Waals surface area contributed by atoms with Crippen molar-refractivity contribution in [1.29, 1.82) is 0 Å². The number of halogens is 1. The molecule has 0 aliphatic carbocycles. The molecule has 0 radical (unpaired) electrons. The number of thioether (sulfide) groups is 1. The van der Waals surface area contributed by atoms with Gasteiger partial charge in [0.2, 0.25) is 0 Å². The molecule has 0 amide bonds. The minimum absolute atomic E-state index is 0.0307. The van der Waals surface area contributed by atoms with Crippen LogP contribution in [0, 0.1) is 6.92 Å². The van der Waals surface area contributed by atoms with Crippen molar-refractivity contribution < 1.29 is 14.3 Å². The highest BCUT2D eigenvalue weighted by atomic mass is 35.5. The molecule has 0 aromatic heterocycles. The molecule has 20 heavy (non-hydrogen) atoms. The molecule has 0 bridgehead atoms. The van der Waals surface area contributed by atoms with Crippen molar-refractivity contribution in [3.63, 3.8) is 0 Å². The molecule has 1 aromatic rings. The largest absolute Gasteiger partial charge is 0.462 e. The van der Waals surface area contributed by atoms with Crippen LogP contribution in [0.5, 0.6) is 0 Å². The highest BCUT2D eigenvalue weighted by Gasteiger charge is 2.29. The summed E-state index contributed by atoms with van der Waals surface area (Å²) in [7, 11) is 0. The highest BCUT2D eigenvalue weighted by Crippen LogP contribution is 2.45. The Kier molecular flexibility index (Phi) is 5.35. The van der Waals surface area contributed by atoms with Crippen molar-refractivity contribution >= 4 is 29.3 Å². The first kappa shape index (κ1) is 15.7. The number of hydrogen-bond donors (Lipinski definition) is 0. The fourth-order valence-electron chi connectivity index (χ4n) is 2.42. The van der Waals surface area contributed by atoms with Crippen molar-refractivity contribution in [2.24, 2.45) is 0 Å². The Bertz CT molecular complexity index is 516. The Labute approximate surface area is 129 Å². The van der Waals surface area contributed by atoms with E-state index < -0.39 is 0 Å². The molecule has 110 valence electrons. The van der Waals surface area contributed by atoms with Gasteiger partial charge in [-0.1, -0.05) is 11.6 Å². The van der Waals surface area contributed by atoms with Gasteiger partial charge < -0.3 is 9.47 Å². The van der Waals surface area contributed by atoms with Crippen molar-refractivity contribution in [3.05, 3.63) is 27.8 Å². The molecule has 0 fully saturated rings. The van der Waals surface area contributed by atoms with Crippen molar-refractivity contribution in [1.82, 2.24) is 0 Å². The van der Waals surface area contributed by atoms with E-state index in [9.17, 15) is 4.79 Å². The summed E-state index contributed by atoms with van der Waals surface area (Å²) in [5.41, 5.74) is 2.45. The van der Waals surface area contributed by atoms with E-state index in [0.717, 1.165) is 28.2 Å². The molecule has 1 atom stereocenters. The maximum absolute atomic E-state index is 12.0. The second-order valence-electron chi connectivity index (χ2n) is 4.60. The van der Waals surface area contributed by atoms with Crippen LogP contribution in [0.25, 0.3) is 0 Å². The summed E-state index contributed by atoms with van der Waals surface area (Å²) in [4.78, 5) is 13.2. The average molecular weight is 315 g/mol. The van der Waals surface area contributed by atoms with Gasteiger partial charge in [0.1, 0.15) is 0 Å². The summed E-state index contributed by atoms with van der Waals surface area (Å²) < 4.78 is 10.9. The van der Waals surface area contributed by atoms with Crippen LogP contribution >= 0.6 is 23.4 Å². The van der Waals surface area contributed by atoms with Gasteiger partial charge in [-0.2, -0.15) is 0 Å². The molecular weight excluding hydrogens is 296 g/mol. The lowest BCUT2D eigenvalue weighted by Crippen LogP contribution is -2.16. The predicted molar refractivity (Wildman–Crippen MR) is 81.9 cm³/mol. The smallest absolute Gasteiger partial charge is 0.339 e. The zero-order chi connectivity index (χ0) is 14.7. The molecule has 3 nitrogen and oxygen atoms in total. The first-order valence-corrected chi connectivity index (χ1v) is 8.21. The summed E-state index contributed by atoms with van der Waals surface area (Å²) in [6, 6.07) is 1.82. The molecule has 5 heteroatoms. The number of rotatable bonds is 4. The summed E-state index contributed by atoms with van der Waals surface area (Å²) in [6.07, 6.45) is 0.883. The van der Waals surface area contributed by atoms with Gasteiger partial charge in [-0.25, -0.2) is 4.79 Å². The molecule has 0 spiro atoms. The number of ether oxygens (including phenoxy) is 2. The molecule has 0 N–H and O–H groups in total. The second kappa shape index (κ2) is 6.83. The molecule has 0 saturated heterocycles. The standard InChI is InChI=1S/C15H19ClO3S/c1-4-18-11-6-7-20-14-9(3)8-10(13(16)12(11)14)15(17)19-5-2/h8,11H,4-7H2,1-3H3. The van der Waals surface area contributed by atoms with Gasteiger partial charge in [0.25, 0.3) is 0 Å². The normalized spacial score (nSPS) is 17.7. The summed E-state index contributed by atoms with van der Waals surface area (Å²) >= 11 is 8.24. The fourth-order valence-corrected chi connectivity index (χ4v) is 4.03. The Morgan fingerprint density at radius 2 is 2.20 bits per heavy atom. The van der Waals surface area contributed by atoms with E-state index in [1.165, 1.54) is 0 Å². The number of fused-ring (bicyclic) bond motifs is 1. The van der Waals surface area contributed by atoms with E-state index in [1.807, 2.05) is 19.9 Å². The topological polar surface area (TPSA) is 35.5 Å². The quantitative estimate of drug-likeness (QED) is 0.772. The van der Waals surface area contributed by atoms with Crippen LogP contribution in [0.4, 0.5) is 0 Å². The van der Waals surface area contributed by atoms with Crippen LogP contribution in [-0.2, 0) is 9.47 Å². The Morgan fingerprint density at radius 3 is 2.85 bits per heavy atom. The molecule has 0 saturated carbocycles. The molecular formula is C15H19ClO3S. The Hall–Kier alpha value is -0.710. The number of aryl methyl sites for hydroxylation is 1. The van der Waals surface area contributed by atoms with E-state index in [0.29, 0.717) is 23.8 Å².